The van der Waals surface area contributed by atoms with Crippen LogP contribution in [0.4, 0.5) is 11.5 Å². The average molecular weight is 198 g/mol. The fourth-order valence-corrected chi connectivity index (χ4v) is 1.57. The van der Waals surface area contributed by atoms with Crippen LogP contribution in [-0.4, -0.2) is 37.6 Å². The molecule has 1 heterocycles. The maximum absolute atomic E-state index is 11.8. The SMILES string of the molecule is CN(C)c1c(N(C)C)n(C)n(C)c1=O. The van der Waals surface area contributed by atoms with Gasteiger partial charge in [0.05, 0.1) is 0 Å². The lowest BCUT2D eigenvalue weighted by Gasteiger charge is -2.18. The minimum Gasteiger partial charge on any atom is -0.370 e. The van der Waals surface area contributed by atoms with Crippen molar-refractivity contribution < 1.29 is 0 Å². The van der Waals surface area contributed by atoms with Gasteiger partial charge < -0.3 is 9.80 Å². The number of anilines is 2. The molecule has 80 valence electrons. The number of hydrogen-bond acceptors (Lipinski definition) is 3. The summed E-state index contributed by atoms with van der Waals surface area (Å²) in [5, 5.41) is 0. The monoisotopic (exact) mass is 198 g/mol. The molecule has 0 aliphatic carbocycles. The van der Waals surface area contributed by atoms with Gasteiger partial charge in [0.25, 0.3) is 5.56 Å². The van der Waals surface area contributed by atoms with Crippen LogP contribution in [0.3, 0.4) is 0 Å². The summed E-state index contributed by atoms with van der Waals surface area (Å²) in [5.41, 5.74) is 0.751. The minimum absolute atomic E-state index is 0.0289. The first kappa shape index (κ1) is 10.7. The lowest BCUT2D eigenvalue weighted by molar-refractivity contribution is 0.578. The largest absolute Gasteiger partial charge is 0.370 e. The van der Waals surface area contributed by atoms with Crippen molar-refractivity contribution in [3.05, 3.63) is 10.4 Å². The van der Waals surface area contributed by atoms with Crippen molar-refractivity contribution in [2.75, 3.05) is 38.0 Å². The molecule has 0 fully saturated rings. The van der Waals surface area contributed by atoms with Crippen LogP contribution in [0, 0.1) is 0 Å². The Kier molecular flexibility index (Phi) is 2.59. The summed E-state index contributed by atoms with van der Waals surface area (Å²) >= 11 is 0. The summed E-state index contributed by atoms with van der Waals surface area (Å²) in [6.07, 6.45) is 0. The number of hydrogen-bond donors (Lipinski definition) is 0. The Morgan fingerprint density at radius 3 is 1.71 bits per heavy atom. The first-order chi connectivity index (χ1) is 6.37. The maximum Gasteiger partial charge on any atom is 0.292 e. The van der Waals surface area contributed by atoms with Gasteiger partial charge in [0.2, 0.25) is 0 Å². The molecule has 14 heavy (non-hydrogen) atoms. The molecule has 0 spiro atoms. The Morgan fingerprint density at radius 2 is 1.43 bits per heavy atom. The van der Waals surface area contributed by atoms with E-state index in [1.165, 1.54) is 0 Å². The summed E-state index contributed by atoms with van der Waals surface area (Å²) in [5.74, 6) is 0.919. The molecular formula is C9H18N4O. The zero-order valence-electron chi connectivity index (χ0n) is 9.70. The summed E-state index contributed by atoms with van der Waals surface area (Å²) in [4.78, 5) is 15.6. The van der Waals surface area contributed by atoms with Gasteiger partial charge in [-0.15, -0.1) is 0 Å². The average Bonchev–Trinajstić information content (AvgIpc) is 2.29. The lowest BCUT2D eigenvalue weighted by Crippen LogP contribution is -2.22. The predicted octanol–water partition coefficient (Wildman–Crippen LogP) is -0.144. The van der Waals surface area contributed by atoms with E-state index < -0.39 is 0 Å². The number of nitrogens with zero attached hydrogens (tertiary/aromatic N) is 4. The Labute approximate surface area is 84.1 Å². The first-order valence-corrected chi connectivity index (χ1v) is 4.48. The van der Waals surface area contributed by atoms with Crippen molar-refractivity contribution in [2.45, 2.75) is 0 Å². The molecule has 0 aromatic carbocycles. The molecule has 0 radical (unpaired) electrons. The fourth-order valence-electron chi connectivity index (χ4n) is 1.57. The van der Waals surface area contributed by atoms with E-state index in [1.54, 1.807) is 11.7 Å². The Balaban J connectivity index is 3.54. The van der Waals surface area contributed by atoms with Gasteiger partial charge in [0.1, 0.15) is 5.69 Å². The minimum atomic E-state index is 0.0289. The van der Waals surface area contributed by atoms with Crippen LogP contribution < -0.4 is 15.4 Å². The third-order valence-corrected chi connectivity index (χ3v) is 2.34. The van der Waals surface area contributed by atoms with Crippen LogP contribution in [0.25, 0.3) is 0 Å². The van der Waals surface area contributed by atoms with Crippen molar-refractivity contribution in [3.63, 3.8) is 0 Å². The highest BCUT2D eigenvalue weighted by Gasteiger charge is 2.18. The molecular weight excluding hydrogens is 180 g/mol. The van der Waals surface area contributed by atoms with Gasteiger partial charge in [-0.05, 0) is 0 Å². The van der Waals surface area contributed by atoms with E-state index in [0.717, 1.165) is 11.5 Å². The molecule has 0 N–H and O–H groups in total. The molecule has 1 aromatic rings. The van der Waals surface area contributed by atoms with E-state index in [9.17, 15) is 4.79 Å². The van der Waals surface area contributed by atoms with E-state index in [4.69, 9.17) is 0 Å². The van der Waals surface area contributed by atoms with Crippen LogP contribution in [0.1, 0.15) is 0 Å². The van der Waals surface area contributed by atoms with Gasteiger partial charge >= 0.3 is 0 Å². The van der Waals surface area contributed by atoms with E-state index in [-0.39, 0.29) is 5.56 Å². The molecule has 1 rings (SSSR count). The van der Waals surface area contributed by atoms with Crippen molar-refractivity contribution in [2.24, 2.45) is 14.1 Å². The topological polar surface area (TPSA) is 33.4 Å². The van der Waals surface area contributed by atoms with Crippen molar-refractivity contribution >= 4 is 11.5 Å². The van der Waals surface area contributed by atoms with Gasteiger partial charge in [-0.2, -0.15) is 0 Å². The summed E-state index contributed by atoms with van der Waals surface area (Å²) in [6, 6.07) is 0. The highest BCUT2D eigenvalue weighted by Crippen LogP contribution is 2.21. The highest BCUT2D eigenvalue weighted by atomic mass is 16.1. The Bertz CT molecular complexity index is 386. The molecule has 0 unspecified atom stereocenters. The molecule has 0 saturated carbocycles. The smallest absolute Gasteiger partial charge is 0.292 e. The normalized spacial score (nSPS) is 10.4. The van der Waals surface area contributed by atoms with Crippen molar-refractivity contribution in [1.29, 1.82) is 0 Å². The van der Waals surface area contributed by atoms with Crippen molar-refractivity contribution in [1.82, 2.24) is 9.36 Å². The zero-order valence-corrected chi connectivity index (χ0v) is 9.70. The summed E-state index contributed by atoms with van der Waals surface area (Å²) < 4.78 is 3.45. The highest BCUT2D eigenvalue weighted by molar-refractivity contribution is 5.65. The molecule has 0 atom stereocenters. The van der Waals surface area contributed by atoms with E-state index in [0.29, 0.717) is 0 Å². The summed E-state index contributed by atoms with van der Waals surface area (Å²) in [7, 11) is 11.3. The molecule has 0 aliphatic rings. The van der Waals surface area contributed by atoms with E-state index in [2.05, 4.69) is 0 Å². The molecule has 1 aromatic heterocycles. The second-order valence-electron chi connectivity index (χ2n) is 3.81. The molecule has 0 bridgehead atoms. The van der Waals surface area contributed by atoms with Gasteiger partial charge in [-0.1, -0.05) is 0 Å². The molecule has 5 nitrogen and oxygen atoms in total. The number of aromatic nitrogens is 2. The predicted molar refractivity (Wildman–Crippen MR) is 59.3 cm³/mol. The van der Waals surface area contributed by atoms with Gasteiger partial charge in [-0.25, -0.2) is 0 Å². The van der Waals surface area contributed by atoms with Crippen LogP contribution in [0.2, 0.25) is 0 Å². The zero-order chi connectivity index (χ0) is 11.0. The van der Waals surface area contributed by atoms with Gasteiger partial charge in [-0.3, -0.25) is 14.2 Å². The van der Waals surface area contributed by atoms with E-state index in [1.807, 2.05) is 49.7 Å². The van der Waals surface area contributed by atoms with Crippen LogP contribution in [-0.2, 0) is 14.1 Å². The quantitative estimate of drug-likeness (QED) is 0.663. The standard InChI is InChI=1S/C9H18N4O/c1-10(2)7-8(11(3)4)12(5)13(6)9(7)14/h1-6H3. The van der Waals surface area contributed by atoms with E-state index >= 15 is 0 Å². The fraction of sp³-hybridized carbons (Fsp3) is 0.667. The third-order valence-electron chi connectivity index (χ3n) is 2.34. The second kappa shape index (κ2) is 3.40. The molecule has 0 saturated heterocycles. The first-order valence-electron chi connectivity index (χ1n) is 4.48. The van der Waals surface area contributed by atoms with Gasteiger partial charge in [0.15, 0.2) is 5.82 Å². The lowest BCUT2D eigenvalue weighted by atomic mass is 10.4. The van der Waals surface area contributed by atoms with Crippen LogP contribution in [0.15, 0.2) is 4.79 Å². The summed E-state index contributed by atoms with van der Waals surface area (Å²) in [6.45, 7) is 0. The van der Waals surface area contributed by atoms with Gasteiger partial charge in [0, 0.05) is 42.3 Å². The second-order valence-corrected chi connectivity index (χ2v) is 3.81. The Hall–Kier alpha value is -1.39. The molecule has 5 heteroatoms. The number of rotatable bonds is 2. The van der Waals surface area contributed by atoms with Crippen molar-refractivity contribution in [3.8, 4) is 0 Å². The molecule has 0 aliphatic heterocycles. The maximum atomic E-state index is 11.8. The Morgan fingerprint density at radius 1 is 0.929 bits per heavy atom. The third kappa shape index (κ3) is 1.38. The molecule has 0 amide bonds. The van der Waals surface area contributed by atoms with Crippen LogP contribution >= 0.6 is 0 Å². The van der Waals surface area contributed by atoms with Crippen LogP contribution in [0.5, 0.6) is 0 Å².